The van der Waals surface area contributed by atoms with Crippen LogP contribution in [0.1, 0.15) is 45.5 Å². The van der Waals surface area contributed by atoms with E-state index in [1.165, 1.54) is 31.8 Å². The molecule has 4 nitrogen and oxygen atoms in total. The minimum absolute atomic E-state index is 0.557. The van der Waals surface area contributed by atoms with Gasteiger partial charge in [0.05, 0.1) is 0 Å². The van der Waals surface area contributed by atoms with Gasteiger partial charge in [-0.1, -0.05) is 20.8 Å². The molecule has 1 saturated heterocycles. The highest BCUT2D eigenvalue weighted by Crippen LogP contribution is 2.28. The Hall–Kier alpha value is -1.42. The van der Waals surface area contributed by atoms with Gasteiger partial charge in [-0.25, -0.2) is 9.97 Å². The molecule has 2 aromatic rings. The summed E-state index contributed by atoms with van der Waals surface area (Å²) in [6, 6.07) is 4.63. The van der Waals surface area contributed by atoms with E-state index in [-0.39, 0.29) is 0 Å². The van der Waals surface area contributed by atoms with E-state index in [4.69, 9.17) is 4.98 Å². The average Bonchev–Trinajstić information content (AvgIpc) is 2.84. The molecule has 0 unspecified atom stereocenters. The molecule has 3 rings (SSSR count). The molecule has 0 atom stereocenters. The predicted octanol–water partition coefficient (Wildman–Crippen LogP) is 3.29. The summed E-state index contributed by atoms with van der Waals surface area (Å²) in [5.74, 6) is 1.84. The fourth-order valence-electron chi connectivity index (χ4n) is 3.36. The van der Waals surface area contributed by atoms with Crippen molar-refractivity contribution in [1.29, 1.82) is 0 Å². The van der Waals surface area contributed by atoms with E-state index in [1.807, 2.05) is 12.3 Å². The van der Waals surface area contributed by atoms with E-state index in [9.17, 15) is 0 Å². The molecule has 21 heavy (non-hydrogen) atoms. The molecule has 0 aliphatic carbocycles. The molecule has 1 fully saturated rings. The molecule has 0 radical (unpaired) electrons. The summed E-state index contributed by atoms with van der Waals surface area (Å²) >= 11 is 0. The van der Waals surface area contributed by atoms with Crippen LogP contribution in [0.25, 0.3) is 11.2 Å². The lowest BCUT2D eigenvalue weighted by Crippen LogP contribution is -2.34. The predicted molar refractivity (Wildman–Crippen MR) is 86.5 cm³/mol. The van der Waals surface area contributed by atoms with Crippen molar-refractivity contribution < 1.29 is 0 Å². The average molecular weight is 286 g/mol. The Labute approximate surface area is 127 Å². The first kappa shape index (κ1) is 14.5. The summed E-state index contributed by atoms with van der Waals surface area (Å²) in [7, 11) is 0. The first-order chi connectivity index (χ1) is 10.2. The highest BCUT2D eigenvalue weighted by Gasteiger charge is 2.24. The van der Waals surface area contributed by atoms with Crippen molar-refractivity contribution >= 4 is 11.2 Å². The van der Waals surface area contributed by atoms with E-state index >= 15 is 0 Å². The lowest BCUT2D eigenvalue weighted by molar-refractivity contribution is 0.194. The van der Waals surface area contributed by atoms with Gasteiger partial charge in [0.15, 0.2) is 5.65 Å². The van der Waals surface area contributed by atoms with Gasteiger partial charge in [-0.3, -0.25) is 0 Å². The van der Waals surface area contributed by atoms with Gasteiger partial charge in [0.25, 0.3) is 0 Å². The molecule has 1 aliphatic rings. The van der Waals surface area contributed by atoms with Gasteiger partial charge in [-0.2, -0.15) is 0 Å². The lowest BCUT2D eigenvalue weighted by atomic mass is 10.0. The van der Waals surface area contributed by atoms with Gasteiger partial charge in [0.2, 0.25) is 0 Å². The summed E-state index contributed by atoms with van der Waals surface area (Å²) in [5.41, 5.74) is 2.12. The third-order valence-corrected chi connectivity index (χ3v) is 4.48. The largest absolute Gasteiger partial charge is 0.309 e. The third kappa shape index (κ3) is 2.95. The number of hydrogen-bond acceptors (Lipinski definition) is 3. The van der Waals surface area contributed by atoms with Crippen molar-refractivity contribution in [2.45, 2.75) is 46.1 Å². The molecule has 0 bridgehead atoms. The quantitative estimate of drug-likeness (QED) is 0.865. The number of fused-ring (bicyclic) bond motifs is 1. The standard InChI is InChI=1S/C17H26N4/c1-4-20-10-7-14(8-11-20)21-16(12-13(2)3)19-15-6-5-9-18-17(15)21/h5-6,9,13-14H,4,7-8,10-12H2,1-3H3. The van der Waals surface area contributed by atoms with Gasteiger partial charge in [-0.05, 0) is 37.4 Å². The van der Waals surface area contributed by atoms with E-state index < -0.39 is 0 Å². The molecule has 0 saturated carbocycles. The summed E-state index contributed by atoms with van der Waals surface area (Å²) in [6.07, 6.45) is 5.34. The minimum Gasteiger partial charge on any atom is -0.309 e. The minimum atomic E-state index is 0.557. The molecule has 0 aromatic carbocycles. The topological polar surface area (TPSA) is 34.0 Å². The second-order valence-corrected chi connectivity index (χ2v) is 6.51. The summed E-state index contributed by atoms with van der Waals surface area (Å²) in [4.78, 5) is 12.0. The van der Waals surface area contributed by atoms with E-state index in [0.717, 1.165) is 24.1 Å². The van der Waals surface area contributed by atoms with Crippen LogP contribution in [0.3, 0.4) is 0 Å². The highest BCUT2D eigenvalue weighted by atomic mass is 15.2. The van der Waals surface area contributed by atoms with Crippen LogP contribution in [0.5, 0.6) is 0 Å². The molecular formula is C17H26N4. The molecular weight excluding hydrogens is 260 g/mol. The zero-order valence-electron chi connectivity index (χ0n) is 13.4. The van der Waals surface area contributed by atoms with Gasteiger partial charge >= 0.3 is 0 Å². The lowest BCUT2D eigenvalue weighted by Gasteiger charge is -2.32. The summed E-state index contributed by atoms with van der Waals surface area (Å²) < 4.78 is 2.43. The van der Waals surface area contributed by atoms with Gasteiger partial charge in [-0.15, -0.1) is 0 Å². The number of pyridine rings is 1. The SMILES string of the molecule is CCN1CCC(n2c(CC(C)C)nc3cccnc32)CC1. The van der Waals surface area contributed by atoms with E-state index in [2.05, 4.69) is 41.3 Å². The van der Waals surface area contributed by atoms with Crippen LogP contribution in [0.15, 0.2) is 18.3 Å². The Morgan fingerprint density at radius 3 is 2.71 bits per heavy atom. The maximum absolute atomic E-state index is 4.85. The Morgan fingerprint density at radius 2 is 2.05 bits per heavy atom. The Morgan fingerprint density at radius 1 is 1.29 bits per heavy atom. The zero-order chi connectivity index (χ0) is 14.8. The van der Waals surface area contributed by atoms with Gasteiger partial charge in [0, 0.05) is 31.7 Å². The van der Waals surface area contributed by atoms with Crippen molar-refractivity contribution in [3.63, 3.8) is 0 Å². The van der Waals surface area contributed by atoms with Crippen LogP contribution >= 0.6 is 0 Å². The molecule has 2 aromatic heterocycles. The summed E-state index contributed by atoms with van der Waals surface area (Å²) in [5, 5.41) is 0. The molecule has 114 valence electrons. The maximum atomic E-state index is 4.85. The first-order valence-corrected chi connectivity index (χ1v) is 8.23. The van der Waals surface area contributed by atoms with Crippen LogP contribution in [0, 0.1) is 5.92 Å². The van der Waals surface area contributed by atoms with Crippen LogP contribution in [0.2, 0.25) is 0 Å². The highest BCUT2D eigenvalue weighted by molar-refractivity contribution is 5.71. The van der Waals surface area contributed by atoms with Crippen LogP contribution in [-0.4, -0.2) is 39.1 Å². The number of aromatic nitrogens is 3. The van der Waals surface area contributed by atoms with Crippen molar-refractivity contribution in [2.75, 3.05) is 19.6 Å². The normalized spacial score (nSPS) is 17.9. The molecule has 0 amide bonds. The van der Waals surface area contributed by atoms with E-state index in [0.29, 0.717) is 12.0 Å². The van der Waals surface area contributed by atoms with Gasteiger partial charge < -0.3 is 9.47 Å². The van der Waals surface area contributed by atoms with Crippen molar-refractivity contribution in [1.82, 2.24) is 19.4 Å². The third-order valence-electron chi connectivity index (χ3n) is 4.48. The fraction of sp³-hybridized carbons (Fsp3) is 0.647. The number of likely N-dealkylation sites (tertiary alicyclic amines) is 1. The smallest absolute Gasteiger partial charge is 0.160 e. The van der Waals surface area contributed by atoms with Crippen LogP contribution < -0.4 is 0 Å². The number of hydrogen-bond donors (Lipinski definition) is 0. The zero-order valence-corrected chi connectivity index (χ0v) is 13.4. The maximum Gasteiger partial charge on any atom is 0.160 e. The second kappa shape index (κ2) is 6.14. The molecule has 0 spiro atoms. The first-order valence-electron chi connectivity index (χ1n) is 8.23. The second-order valence-electron chi connectivity index (χ2n) is 6.51. The summed E-state index contributed by atoms with van der Waals surface area (Å²) in [6.45, 7) is 10.3. The number of piperidine rings is 1. The van der Waals surface area contributed by atoms with Gasteiger partial charge in [0.1, 0.15) is 11.3 Å². The monoisotopic (exact) mass is 286 g/mol. The van der Waals surface area contributed by atoms with Crippen molar-refractivity contribution in [2.24, 2.45) is 5.92 Å². The molecule has 4 heteroatoms. The Bertz CT molecular complexity index is 594. The Kier molecular flexibility index (Phi) is 4.24. The molecule has 3 heterocycles. The van der Waals surface area contributed by atoms with Crippen molar-refractivity contribution in [3.8, 4) is 0 Å². The molecule has 1 aliphatic heterocycles. The van der Waals surface area contributed by atoms with Crippen molar-refractivity contribution in [3.05, 3.63) is 24.2 Å². The fourth-order valence-corrected chi connectivity index (χ4v) is 3.36. The Balaban J connectivity index is 1.95. The van der Waals surface area contributed by atoms with Crippen LogP contribution in [0.4, 0.5) is 0 Å². The molecule has 0 N–H and O–H groups in total. The number of rotatable bonds is 4. The van der Waals surface area contributed by atoms with Crippen LogP contribution in [-0.2, 0) is 6.42 Å². The number of imidazole rings is 1. The number of nitrogens with zero attached hydrogens (tertiary/aromatic N) is 4. The van der Waals surface area contributed by atoms with E-state index in [1.54, 1.807) is 0 Å².